The molecular weight excluding hydrogens is 346 g/mol. The molecule has 5 unspecified atom stereocenters. The van der Waals surface area contributed by atoms with Crippen LogP contribution < -0.4 is 0 Å². The standard InChI is InChI=1S/C22H35NO2.ClH/c1-13-14-4-7-21(19(13)25)15-11-16-20(2)5-3-6-22(16,17(21)10-14)18(15)23(12-20)8-9-24;/h13-19,24-25H,3-12H2,1-2H3;1H/t13?,14-,15?,16?,17?,18+,19+,20?,21-,22-;/m0./s1. The highest BCUT2D eigenvalue weighted by atomic mass is 35.5. The van der Waals surface area contributed by atoms with Crippen LogP contribution >= 0.6 is 12.4 Å². The van der Waals surface area contributed by atoms with E-state index in [0.29, 0.717) is 35.3 Å². The van der Waals surface area contributed by atoms with Gasteiger partial charge in [-0.2, -0.15) is 0 Å². The number of halogens is 1. The average Bonchev–Trinajstić information content (AvgIpc) is 3.01. The maximum atomic E-state index is 11.5. The minimum atomic E-state index is -0.0694. The van der Waals surface area contributed by atoms with Crippen LogP contribution in [0.5, 0.6) is 0 Å². The van der Waals surface area contributed by atoms with Crippen molar-refractivity contribution in [2.45, 2.75) is 70.9 Å². The van der Waals surface area contributed by atoms with Crippen molar-refractivity contribution in [2.24, 2.45) is 45.8 Å². The average molecular weight is 382 g/mol. The first-order chi connectivity index (χ1) is 12.0. The number of hydrogen-bond donors (Lipinski definition) is 2. The molecule has 0 aromatic carbocycles. The molecule has 6 saturated carbocycles. The van der Waals surface area contributed by atoms with Crippen molar-refractivity contribution < 1.29 is 10.2 Å². The smallest absolute Gasteiger partial charge is 0.0630 e. The molecule has 6 aliphatic carbocycles. The first kappa shape index (κ1) is 18.2. The van der Waals surface area contributed by atoms with Gasteiger partial charge in [0, 0.05) is 24.5 Å². The normalized spacial score (nSPS) is 62.1. The van der Waals surface area contributed by atoms with Crippen LogP contribution in [0.15, 0.2) is 0 Å². The summed E-state index contributed by atoms with van der Waals surface area (Å²) in [5.74, 6) is 3.60. The first-order valence-corrected chi connectivity index (χ1v) is 11.0. The lowest BCUT2D eigenvalue weighted by atomic mass is 9.39. The van der Waals surface area contributed by atoms with Crippen molar-refractivity contribution in [1.29, 1.82) is 0 Å². The van der Waals surface area contributed by atoms with Crippen LogP contribution in [0.25, 0.3) is 0 Å². The van der Waals surface area contributed by atoms with Gasteiger partial charge < -0.3 is 10.2 Å². The number of piperidine rings is 1. The van der Waals surface area contributed by atoms with Gasteiger partial charge in [-0.05, 0) is 78.9 Å². The zero-order valence-corrected chi connectivity index (χ0v) is 17.2. The van der Waals surface area contributed by atoms with Crippen molar-refractivity contribution in [3.05, 3.63) is 0 Å². The molecule has 10 atom stereocenters. The van der Waals surface area contributed by atoms with E-state index in [1.807, 2.05) is 0 Å². The highest BCUT2D eigenvalue weighted by Gasteiger charge is 2.82. The highest BCUT2D eigenvalue weighted by Crippen LogP contribution is 2.83. The molecule has 3 nitrogen and oxygen atoms in total. The topological polar surface area (TPSA) is 43.7 Å². The molecule has 7 aliphatic rings. The summed E-state index contributed by atoms with van der Waals surface area (Å²) in [6, 6.07) is 0.654. The summed E-state index contributed by atoms with van der Waals surface area (Å²) in [4.78, 5) is 2.71. The maximum absolute atomic E-state index is 11.5. The number of aliphatic hydroxyl groups excluding tert-OH is 2. The lowest BCUT2D eigenvalue weighted by Crippen LogP contribution is -2.66. The molecule has 0 radical (unpaired) electrons. The molecule has 148 valence electrons. The molecule has 7 rings (SSSR count). The Morgan fingerprint density at radius 3 is 2.65 bits per heavy atom. The number of nitrogens with zero attached hydrogens (tertiary/aromatic N) is 1. The van der Waals surface area contributed by atoms with Crippen LogP contribution in [-0.4, -0.2) is 47.0 Å². The van der Waals surface area contributed by atoms with E-state index >= 15 is 0 Å². The Bertz CT molecular complexity index is 615. The highest BCUT2D eigenvalue weighted by molar-refractivity contribution is 5.85. The van der Waals surface area contributed by atoms with Crippen molar-refractivity contribution in [3.8, 4) is 0 Å². The first-order valence-electron chi connectivity index (χ1n) is 11.0. The number of aliphatic hydroxyl groups is 2. The Hall–Kier alpha value is 0.170. The SMILES string of the molecule is CC1[C@H]2CC[C@@]3(C4CC5C6(C)CCC[C@]5(C3C2)[C@@H]4N(CCO)C6)[C@@H]1O.Cl. The summed E-state index contributed by atoms with van der Waals surface area (Å²) in [6.45, 7) is 7.23. The van der Waals surface area contributed by atoms with E-state index in [2.05, 4.69) is 18.7 Å². The molecule has 4 heteroatoms. The number of rotatable bonds is 2. The van der Waals surface area contributed by atoms with Crippen LogP contribution in [-0.2, 0) is 0 Å². The number of hydrogen-bond acceptors (Lipinski definition) is 3. The van der Waals surface area contributed by atoms with Gasteiger partial charge in [0.2, 0.25) is 0 Å². The summed E-state index contributed by atoms with van der Waals surface area (Å²) in [6.07, 6.45) is 9.51. The van der Waals surface area contributed by atoms with Gasteiger partial charge in [0.15, 0.2) is 0 Å². The molecule has 1 aliphatic heterocycles. The largest absolute Gasteiger partial charge is 0.395 e. The van der Waals surface area contributed by atoms with Gasteiger partial charge in [0.1, 0.15) is 0 Å². The fraction of sp³-hybridized carbons (Fsp3) is 1.00. The van der Waals surface area contributed by atoms with Crippen LogP contribution in [0.2, 0.25) is 0 Å². The van der Waals surface area contributed by atoms with E-state index in [4.69, 9.17) is 0 Å². The molecule has 7 bridgehead atoms. The third-order valence-electron chi connectivity index (χ3n) is 10.9. The van der Waals surface area contributed by atoms with Crippen molar-refractivity contribution in [2.75, 3.05) is 19.7 Å². The Morgan fingerprint density at radius 1 is 1.08 bits per heavy atom. The molecule has 7 fully saturated rings. The predicted octanol–water partition coefficient (Wildman–Crippen LogP) is 3.32. The van der Waals surface area contributed by atoms with Crippen LogP contribution in [0, 0.1) is 45.8 Å². The van der Waals surface area contributed by atoms with Crippen molar-refractivity contribution in [1.82, 2.24) is 4.90 Å². The van der Waals surface area contributed by atoms with E-state index < -0.39 is 0 Å². The predicted molar refractivity (Wildman–Crippen MR) is 104 cm³/mol. The summed E-state index contributed by atoms with van der Waals surface area (Å²) in [7, 11) is 0. The van der Waals surface area contributed by atoms with E-state index in [0.717, 1.165) is 24.3 Å². The lowest BCUT2D eigenvalue weighted by Gasteiger charge is -2.67. The summed E-state index contributed by atoms with van der Waals surface area (Å²) < 4.78 is 0. The van der Waals surface area contributed by atoms with Gasteiger partial charge in [-0.3, -0.25) is 4.90 Å². The lowest BCUT2D eigenvalue weighted by molar-refractivity contribution is -0.221. The third kappa shape index (κ3) is 1.67. The Balaban J connectivity index is 0.00000150. The molecule has 0 amide bonds. The van der Waals surface area contributed by atoms with Gasteiger partial charge in [-0.25, -0.2) is 0 Å². The molecule has 1 saturated heterocycles. The second-order valence-corrected chi connectivity index (χ2v) is 11.2. The molecule has 0 aromatic heterocycles. The van der Waals surface area contributed by atoms with E-state index in [1.54, 1.807) is 0 Å². The molecule has 2 N–H and O–H groups in total. The van der Waals surface area contributed by atoms with E-state index in [9.17, 15) is 10.2 Å². The van der Waals surface area contributed by atoms with Gasteiger partial charge >= 0.3 is 0 Å². The Kier molecular flexibility index (Phi) is 3.78. The maximum Gasteiger partial charge on any atom is 0.0630 e. The quantitative estimate of drug-likeness (QED) is 0.771. The summed E-state index contributed by atoms with van der Waals surface area (Å²) in [5.41, 5.74) is 1.13. The van der Waals surface area contributed by atoms with Crippen LogP contribution in [0.3, 0.4) is 0 Å². The van der Waals surface area contributed by atoms with E-state index in [-0.39, 0.29) is 23.9 Å². The summed E-state index contributed by atoms with van der Waals surface area (Å²) in [5, 5.41) is 21.3. The monoisotopic (exact) mass is 381 g/mol. The number of fused-ring (bicyclic) bond motifs is 2. The van der Waals surface area contributed by atoms with Crippen molar-refractivity contribution in [3.63, 3.8) is 0 Å². The Labute approximate surface area is 164 Å². The van der Waals surface area contributed by atoms with E-state index in [1.165, 1.54) is 51.5 Å². The van der Waals surface area contributed by atoms with Crippen molar-refractivity contribution >= 4 is 12.4 Å². The van der Waals surface area contributed by atoms with Gasteiger partial charge in [-0.15, -0.1) is 12.4 Å². The molecule has 0 aromatic rings. The van der Waals surface area contributed by atoms with Gasteiger partial charge in [0.25, 0.3) is 0 Å². The number of likely N-dealkylation sites (tertiary alicyclic amines) is 1. The number of β-amino-alcohol motifs (C(OH)–C–C–N with tert-alkyl or cyclic N) is 1. The van der Waals surface area contributed by atoms with Gasteiger partial charge in [0.05, 0.1) is 12.7 Å². The molecular formula is C22H36ClNO2. The zero-order chi connectivity index (χ0) is 17.2. The second kappa shape index (κ2) is 5.40. The second-order valence-electron chi connectivity index (χ2n) is 11.2. The van der Waals surface area contributed by atoms with Crippen LogP contribution in [0.4, 0.5) is 0 Å². The molecule has 2 spiro atoms. The zero-order valence-electron chi connectivity index (χ0n) is 16.4. The summed E-state index contributed by atoms with van der Waals surface area (Å²) >= 11 is 0. The molecule has 1 heterocycles. The van der Waals surface area contributed by atoms with Crippen LogP contribution in [0.1, 0.15) is 58.8 Å². The fourth-order valence-corrected chi connectivity index (χ4v) is 10.5. The minimum absolute atomic E-state index is 0. The Morgan fingerprint density at radius 2 is 1.88 bits per heavy atom. The fourth-order valence-electron chi connectivity index (χ4n) is 10.5. The van der Waals surface area contributed by atoms with Gasteiger partial charge in [-0.1, -0.05) is 20.3 Å². The minimum Gasteiger partial charge on any atom is -0.395 e. The molecule has 26 heavy (non-hydrogen) atoms. The third-order valence-corrected chi connectivity index (χ3v) is 10.9.